The molecule has 0 aromatic carbocycles. The van der Waals surface area contributed by atoms with Gasteiger partial charge in [-0.2, -0.15) is 0 Å². The van der Waals surface area contributed by atoms with Gasteiger partial charge in [0.05, 0.1) is 12.5 Å². The van der Waals surface area contributed by atoms with E-state index >= 15 is 0 Å². The molecule has 1 saturated carbocycles. The smallest absolute Gasteiger partial charge is 0.309 e. The van der Waals surface area contributed by atoms with Crippen LogP contribution in [-0.4, -0.2) is 18.4 Å². The molecule has 0 bridgehead atoms. The van der Waals surface area contributed by atoms with Crippen LogP contribution in [0.5, 0.6) is 0 Å². The molecule has 0 N–H and O–H groups in total. The number of hydrogen-bond donors (Lipinski definition) is 0. The number of esters is 1. The van der Waals surface area contributed by atoms with Gasteiger partial charge < -0.3 is 4.74 Å². The van der Waals surface area contributed by atoms with Crippen molar-refractivity contribution in [2.45, 2.75) is 58.8 Å². The van der Waals surface area contributed by atoms with Gasteiger partial charge in [-0.3, -0.25) is 9.59 Å². The van der Waals surface area contributed by atoms with Gasteiger partial charge in [0.2, 0.25) is 0 Å². The monoisotopic (exact) mass is 252 g/mol. The molecule has 3 nitrogen and oxygen atoms in total. The summed E-state index contributed by atoms with van der Waals surface area (Å²) in [5.41, 5.74) is 0.801. The number of allylic oxidation sites excluding steroid dienone is 2. The van der Waals surface area contributed by atoms with Crippen LogP contribution in [0.2, 0.25) is 0 Å². The Morgan fingerprint density at radius 3 is 2.72 bits per heavy atom. The van der Waals surface area contributed by atoms with Gasteiger partial charge in [0.1, 0.15) is 0 Å². The second-order valence-electron chi connectivity index (χ2n) is 4.84. The van der Waals surface area contributed by atoms with Gasteiger partial charge in [0.15, 0.2) is 5.78 Å². The van der Waals surface area contributed by atoms with Gasteiger partial charge in [0, 0.05) is 6.42 Å². The topological polar surface area (TPSA) is 43.4 Å². The Balaban J connectivity index is 2.73. The lowest BCUT2D eigenvalue weighted by Gasteiger charge is -2.18. The van der Waals surface area contributed by atoms with Crippen LogP contribution >= 0.6 is 0 Å². The lowest BCUT2D eigenvalue weighted by molar-refractivity contribution is -0.148. The van der Waals surface area contributed by atoms with Crippen molar-refractivity contribution < 1.29 is 14.3 Å². The van der Waals surface area contributed by atoms with Crippen LogP contribution in [0, 0.1) is 5.92 Å². The molecule has 0 saturated heterocycles. The molecule has 0 aromatic rings. The SMILES string of the molecule is C/C=C1\CC(C(=O)OCC)CCCCCCC1=O. The van der Waals surface area contributed by atoms with Crippen molar-refractivity contribution in [2.75, 3.05) is 6.61 Å². The Morgan fingerprint density at radius 1 is 1.33 bits per heavy atom. The molecule has 1 aliphatic rings. The maximum absolute atomic E-state index is 12.0. The third-order valence-electron chi connectivity index (χ3n) is 3.50. The molecular formula is C15H24O3. The molecule has 1 rings (SSSR count). The zero-order chi connectivity index (χ0) is 13.4. The summed E-state index contributed by atoms with van der Waals surface area (Å²) in [4.78, 5) is 23.8. The maximum atomic E-state index is 12.0. The number of carbonyl (C=O) groups is 2. The molecule has 102 valence electrons. The highest BCUT2D eigenvalue weighted by molar-refractivity contribution is 5.95. The Bertz CT molecular complexity index is 318. The van der Waals surface area contributed by atoms with E-state index in [9.17, 15) is 9.59 Å². The summed E-state index contributed by atoms with van der Waals surface area (Å²) in [7, 11) is 0. The predicted molar refractivity (Wildman–Crippen MR) is 71.2 cm³/mol. The molecule has 1 atom stereocenters. The van der Waals surface area contributed by atoms with E-state index in [4.69, 9.17) is 4.74 Å². The summed E-state index contributed by atoms with van der Waals surface area (Å²) in [6.07, 6.45) is 8.07. The van der Waals surface area contributed by atoms with Crippen molar-refractivity contribution >= 4 is 11.8 Å². The minimum absolute atomic E-state index is 0.141. The normalized spacial score (nSPS) is 24.9. The van der Waals surface area contributed by atoms with Gasteiger partial charge in [-0.1, -0.05) is 25.3 Å². The number of hydrogen-bond acceptors (Lipinski definition) is 3. The average molecular weight is 252 g/mol. The molecule has 1 unspecified atom stereocenters. The van der Waals surface area contributed by atoms with Gasteiger partial charge in [-0.25, -0.2) is 0 Å². The van der Waals surface area contributed by atoms with Crippen LogP contribution in [-0.2, 0) is 14.3 Å². The van der Waals surface area contributed by atoms with Crippen molar-refractivity contribution in [1.29, 1.82) is 0 Å². The maximum Gasteiger partial charge on any atom is 0.309 e. The van der Waals surface area contributed by atoms with Gasteiger partial charge in [-0.05, 0) is 38.7 Å². The molecule has 1 aliphatic carbocycles. The number of Topliss-reactive ketones (excluding diaryl/α,β-unsaturated/α-hetero) is 1. The van der Waals surface area contributed by atoms with E-state index in [1.165, 1.54) is 0 Å². The fraction of sp³-hybridized carbons (Fsp3) is 0.733. The van der Waals surface area contributed by atoms with Gasteiger partial charge in [0.25, 0.3) is 0 Å². The zero-order valence-corrected chi connectivity index (χ0v) is 11.5. The van der Waals surface area contributed by atoms with Crippen molar-refractivity contribution in [3.05, 3.63) is 11.6 Å². The van der Waals surface area contributed by atoms with Crippen LogP contribution in [0.4, 0.5) is 0 Å². The summed E-state index contributed by atoms with van der Waals surface area (Å²) in [6, 6.07) is 0. The molecule has 0 aromatic heterocycles. The van der Waals surface area contributed by atoms with E-state index in [2.05, 4.69) is 0 Å². The standard InChI is InChI=1S/C15H24O3/c1-3-12-11-13(15(17)18-4-2)9-7-5-6-8-10-14(12)16/h3,13H,4-11H2,1-2H3/b12-3+. The van der Waals surface area contributed by atoms with E-state index in [-0.39, 0.29) is 17.7 Å². The van der Waals surface area contributed by atoms with Crippen LogP contribution in [0.3, 0.4) is 0 Å². The number of ether oxygens (including phenoxy) is 1. The van der Waals surface area contributed by atoms with Crippen LogP contribution in [0.1, 0.15) is 58.8 Å². The van der Waals surface area contributed by atoms with E-state index < -0.39 is 0 Å². The first-order chi connectivity index (χ1) is 8.69. The summed E-state index contributed by atoms with van der Waals surface area (Å²) in [5, 5.41) is 0. The van der Waals surface area contributed by atoms with Crippen molar-refractivity contribution in [1.82, 2.24) is 0 Å². The molecule has 1 fully saturated rings. The fourth-order valence-electron chi connectivity index (χ4n) is 2.41. The Labute approximate surface area is 110 Å². The number of rotatable bonds is 2. The Hall–Kier alpha value is -1.12. The predicted octanol–water partition coefficient (Wildman–Crippen LogP) is 3.43. The van der Waals surface area contributed by atoms with Crippen molar-refractivity contribution in [3.63, 3.8) is 0 Å². The summed E-state index contributed by atoms with van der Waals surface area (Å²) < 4.78 is 5.10. The number of ketones is 1. The molecule has 0 heterocycles. The highest BCUT2D eigenvalue weighted by Crippen LogP contribution is 2.24. The van der Waals surface area contributed by atoms with E-state index in [1.807, 2.05) is 19.9 Å². The molecule has 18 heavy (non-hydrogen) atoms. The second-order valence-corrected chi connectivity index (χ2v) is 4.84. The van der Waals surface area contributed by atoms with E-state index in [0.717, 1.165) is 37.7 Å². The average Bonchev–Trinajstić information content (AvgIpc) is 2.37. The largest absolute Gasteiger partial charge is 0.466 e. The van der Waals surface area contributed by atoms with Gasteiger partial charge >= 0.3 is 5.97 Å². The first-order valence-corrected chi connectivity index (χ1v) is 7.04. The third kappa shape index (κ3) is 4.63. The van der Waals surface area contributed by atoms with Crippen LogP contribution in [0.25, 0.3) is 0 Å². The minimum Gasteiger partial charge on any atom is -0.466 e. The quantitative estimate of drug-likeness (QED) is 0.558. The third-order valence-corrected chi connectivity index (χ3v) is 3.50. The summed E-state index contributed by atoms with van der Waals surface area (Å²) in [5.74, 6) is -0.0860. The molecule has 0 amide bonds. The Morgan fingerprint density at radius 2 is 2.06 bits per heavy atom. The molecular weight excluding hydrogens is 228 g/mol. The lowest BCUT2D eigenvalue weighted by atomic mass is 9.88. The lowest BCUT2D eigenvalue weighted by Crippen LogP contribution is -2.21. The van der Waals surface area contributed by atoms with Gasteiger partial charge in [-0.15, -0.1) is 0 Å². The molecule has 3 heteroatoms. The van der Waals surface area contributed by atoms with Crippen LogP contribution in [0.15, 0.2) is 11.6 Å². The van der Waals surface area contributed by atoms with Crippen molar-refractivity contribution in [2.24, 2.45) is 5.92 Å². The first kappa shape index (κ1) is 14.9. The summed E-state index contributed by atoms with van der Waals surface area (Å²) >= 11 is 0. The van der Waals surface area contributed by atoms with E-state index in [0.29, 0.717) is 19.4 Å². The molecule has 0 aliphatic heterocycles. The highest BCUT2D eigenvalue weighted by atomic mass is 16.5. The number of carbonyl (C=O) groups excluding carboxylic acids is 2. The highest BCUT2D eigenvalue weighted by Gasteiger charge is 2.23. The van der Waals surface area contributed by atoms with Crippen LogP contribution < -0.4 is 0 Å². The molecule has 0 spiro atoms. The first-order valence-electron chi connectivity index (χ1n) is 7.04. The fourth-order valence-corrected chi connectivity index (χ4v) is 2.41. The Kier molecular flexibility index (Phi) is 6.69. The second kappa shape index (κ2) is 8.06. The van der Waals surface area contributed by atoms with E-state index in [1.54, 1.807) is 0 Å². The summed E-state index contributed by atoms with van der Waals surface area (Å²) in [6.45, 7) is 4.11. The molecule has 0 radical (unpaired) electrons. The van der Waals surface area contributed by atoms with Crippen molar-refractivity contribution in [3.8, 4) is 0 Å². The minimum atomic E-state index is -0.148. The zero-order valence-electron chi connectivity index (χ0n) is 11.5.